The molecule has 0 saturated carbocycles. The molecule has 0 saturated heterocycles. The molecule has 0 radical (unpaired) electrons. The van der Waals surface area contributed by atoms with E-state index < -0.39 is 12.0 Å². The molecule has 4 rings (SSSR count). The molecule has 10 heteroatoms. The van der Waals surface area contributed by atoms with Crippen LogP contribution in [-0.4, -0.2) is 51.6 Å². The summed E-state index contributed by atoms with van der Waals surface area (Å²) in [6, 6.07) is 10.5. The van der Waals surface area contributed by atoms with Crippen molar-refractivity contribution in [3.63, 3.8) is 0 Å². The molecule has 3 aromatic rings. The molecule has 1 atom stereocenters. The first-order valence-corrected chi connectivity index (χ1v) is 14.0. The number of hydrogen-bond acceptors (Lipinski definition) is 9. The first kappa shape index (κ1) is 28.9. The lowest BCUT2D eigenvalue weighted by Crippen LogP contribution is -2.40. The van der Waals surface area contributed by atoms with E-state index >= 15 is 0 Å². The van der Waals surface area contributed by atoms with E-state index in [1.165, 1.54) is 11.3 Å². The minimum Gasteiger partial charge on any atom is -0.496 e. The highest BCUT2D eigenvalue weighted by molar-refractivity contribution is 7.07. The number of rotatable bonds is 10. The number of carbonyl (C=O) groups is 1. The number of methoxy groups -OCH3 is 3. The number of anilines is 1. The van der Waals surface area contributed by atoms with E-state index in [4.69, 9.17) is 18.9 Å². The molecular weight excluding hydrogens is 530 g/mol. The van der Waals surface area contributed by atoms with Crippen molar-refractivity contribution in [3.8, 4) is 17.2 Å². The van der Waals surface area contributed by atoms with Crippen LogP contribution in [0, 0.1) is 0 Å². The van der Waals surface area contributed by atoms with Crippen LogP contribution in [0.3, 0.4) is 0 Å². The first-order chi connectivity index (χ1) is 19.3. The minimum absolute atomic E-state index is 0.196. The van der Waals surface area contributed by atoms with Gasteiger partial charge < -0.3 is 23.8 Å². The number of allylic oxidation sites excluding steroid dienone is 1. The van der Waals surface area contributed by atoms with Crippen LogP contribution in [0.25, 0.3) is 6.08 Å². The second-order valence-corrected chi connectivity index (χ2v) is 10.0. The van der Waals surface area contributed by atoms with Gasteiger partial charge in [-0.1, -0.05) is 17.4 Å². The van der Waals surface area contributed by atoms with Crippen LogP contribution in [-0.2, 0) is 9.53 Å². The van der Waals surface area contributed by atoms with Crippen molar-refractivity contribution in [1.82, 2.24) is 4.57 Å². The Morgan fingerprint density at radius 2 is 1.70 bits per heavy atom. The van der Waals surface area contributed by atoms with Gasteiger partial charge in [0.25, 0.3) is 5.56 Å². The number of benzene rings is 2. The number of hydrogen-bond donors (Lipinski definition) is 0. The van der Waals surface area contributed by atoms with Gasteiger partial charge in [0.2, 0.25) is 0 Å². The smallest absolute Gasteiger partial charge is 0.338 e. The Morgan fingerprint density at radius 1 is 1.00 bits per heavy atom. The highest BCUT2D eigenvalue weighted by Gasteiger charge is 2.34. The van der Waals surface area contributed by atoms with E-state index in [-0.39, 0.29) is 12.2 Å². The average molecular weight is 566 g/mol. The minimum atomic E-state index is -0.760. The maximum atomic E-state index is 14.0. The number of aromatic nitrogens is 1. The molecule has 0 spiro atoms. The Kier molecular flexibility index (Phi) is 8.99. The van der Waals surface area contributed by atoms with E-state index in [1.807, 2.05) is 30.3 Å². The molecule has 2 heterocycles. The average Bonchev–Trinajstić information content (AvgIpc) is 3.27. The third kappa shape index (κ3) is 5.36. The van der Waals surface area contributed by atoms with Gasteiger partial charge in [0.15, 0.2) is 16.3 Å². The molecule has 0 aliphatic carbocycles. The zero-order valence-electron chi connectivity index (χ0n) is 23.9. The number of thiazole rings is 1. The Balaban J connectivity index is 1.93. The topological polar surface area (TPSA) is 91.6 Å². The van der Waals surface area contributed by atoms with Gasteiger partial charge in [0.05, 0.1) is 49.8 Å². The van der Waals surface area contributed by atoms with E-state index in [0.717, 1.165) is 24.3 Å². The lowest BCUT2D eigenvalue weighted by atomic mass is 9.95. The van der Waals surface area contributed by atoms with Crippen molar-refractivity contribution < 1.29 is 23.7 Å². The van der Waals surface area contributed by atoms with Crippen LogP contribution in [0.2, 0.25) is 0 Å². The summed E-state index contributed by atoms with van der Waals surface area (Å²) in [5.41, 5.74) is 3.01. The molecule has 1 aliphatic rings. The van der Waals surface area contributed by atoms with Crippen molar-refractivity contribution in [1.29, 1.82) is 0 Å². The van der Waals surface area contributed by atoms with Crippen LogP contribution in [0.5, 0.6) is 17.2 Å². The van der Waals surface area contributed by atoms with Crippen molar-refractivity contribution in [3.05, 3.63) is 78.5 Å². The molecule has 9 nitrogen and oxygen atoms in total. The molecule has 0 fully saturated rings. The Labute approximate surface area is 237 Å². The fourth-order valence-electron chi connectivity index (χ4n) is 4.88. The molecule has 40 heavy (non-hydrogen) atoms. The van der Waals surface area contributed by atoms with Gasteiger partial charge in [0, 0.05) is 30.4 Å². The fraction of sp³-hybridized carbons (Fsp3) is 0.367. The standard InChI is InChI=1S/C30H35N3O6S/c1-8-32(9-2)21-13-11-19(23(17-21)37-6)16-25-28(34)33-27(20-12-14-22(36-5)24(15-20)38-7)26(29(35)39-10-3)18(4)31-30(33)40-25/h11-17,27H,8-10H2,1-7H3/t27-/m0/s1. The second kappa shape index (κ2) is 12.4. The zero-order chi connectivity index (χ0) is 29.0. The third-order valence-corrected chi connectivity index (χ3v) is 7.86. The Hall–Kier alpha value is -4.05. The number of esters is 1. The molecule has 0 N–H and O–H groups in total. The summed E-state index contributed by atoms with van der Waals surface area (Å²) in [5, 5.41) is 0. The lowest BCUT2D eigenvalue weighted by Gasteiger charge is -2.25. The Morgan fingerprint density at radius 3 is 2.33 bits per heavy atom. The largest absolute Gasteiger partial charge is 0.496 e. The van der Waals surface area contributed by atoms with E-state index in [1.54, 1.807) is 51.9 Å². The predicted octanol–water partition coefficient (Wildman–Crippen LogP) is 3.67. The van der Waals surface area contributed by atoms with Crippen molar-refractivity contribution in [2.24, 2.45) is 4.99 Å². The van der Waals surface area contributed by atoms with Crippen LogP contribution in [0.15, 0.2) is 57.5 Å². The monoisotopic (exact) mass is 565 g/mol. The number of fused-ring (bicyclic) bond motifs is 1. The van der Waals surface area contributed by atoms with Gasteiger partial charge in [-0.25, -0.2) is 9.79 Å². The molecule has 0 unspecified atom stereocenters. The maximum Gasteiger partial charge on any atom is 0.338 e. The normalized spacial score (nSPS) is 14.9. The highest BCUT2D eigenvalue weighted by atomic mass is 32.1. The van der Waals surface area contributed by atoms with Gasteiger partial charge in [-0.05, 0) is 63.6 Å². The number of ether oxygens (including phenoxy) is 4. The summed E-state index contributed by atoms with van der Waals surface area (Å²) >= 11 is 1.26. The molecule has 212 valence electrons. The van der Waals surface area contributed by atoms with Gasteiger partial charge >= 0.3 is 5.97 Å². The Bertz CT molecular complexity index is 1620. The summed E-state index contributed by atoms with van der Waals surface area (Å²) in [5.74, 6) is 1.16. The molecule has 0 bridgehead atoms. The quantitative estimate of drug-likeness (QED) is 0.347. The fourth-order valence-corrected chi connectivity index (χ4v) is 5.91. The molecule has 2 aromatic carbocycles. The van der Waals surface area contributed by atoms with Crippen LogP contribution in [0.1, 0.15) is 44.9 Å². The van der Waals surface area contributed by atoms with Gasteiger partial charge in [-0.3, -0.25) is 9.36 Å². The van der Waals surface area contributed by atoms with E-state index in [0.29, 0.717) is 43.4 Å². The lowest BCUT2D eigenvalue weighted by molar-refractivity contribution is -0.139. The van der Waals surface area contributed by atoms with Gasteiger partial charge in [-0.15, -0.1) is 0 Å². The molecule has 1 aromatic heterocycles. The first-order valence-electron chi connectivity index (χ1n) is 13.2. The van der Waals surface area contributed by atoms with E-state index in [9.17, 15) is 9.59 Å². The summed E-state index contributed by atoms with van der Waals surface area (Å²) < 4.78 is 24.0. The highest BCUT2D eigenvalue weighted by Crippen LogP contribution is 2.36. The van der Waals surface area contributed by atoms with Crippen molar-refractivity contribution in [2.75, 3.05) is 45.9 Å². The number of nitrogens with zero attached hydrogens (tertiary/aromatic N) is 3. The zero-order valence-corrected chi connectivity index (χ0v) is 24.8. The summed E-state index contributed by atoms with van der Waals surface area (Å²) in [4.78, 5) is 34.5. The summed E-state index contributed by atoms with van der Waals surface area (Å²) in [7, 11) is 4.71. The number of carbonyl (C=O) groups excluding carboxylic acids is 1. The molecule has 0 amide bonds. The predicted molar refractivity (Wildman–Crippen MR) is 156 cm³/mol. The maximum absolute atomic E-state index is 14.0. The van der Waals surface area contributed by atoms with Gasteiger partial charge in [-0.2, -0.15) is 0 Å². The van der Waals surface area contributed by atoms with E-state index in [2.05, 4.69) is 23.7 Å². The molecular formula is C30H35N3O6S. The van der Waals surface area contributed by atoms with Crippen LogP contribution < -0.4 is 34.0 Å². The van der Waals surface area contributed by atoms with Crippen molar-refractivity contribution in [2.45, 2.75) is 33.7 Å². The SMILES string of the molecule is CCOC(=O)C1=C(C)N=c2sc(=Cc3ccc(N(CC)CC)cc3OC)c(=O)n2[C@H]1c1ccc(OC)c(OC)c1. The van der Waals surface area contributed by atoms with Crippen molar-refractivity contribution >= 4 is 29.1 Å². The van der Waals surface area contributed by atoms with Gasteiger partial charge in [0.1, 0.15) is 5.75 Å². The summed E-state index contributed by atoms with van der Waals surface area (Å²) in [6.07, 6.45) is 1.81. The second-order valence-electron chi connectivity index (χ2n) is 9.02. The third-order valence-electron chi connectivity index (χ3n) is 6.87. The molecule has 1 aliphatic heterocycles. The van der Waals surface area contributed by atoms with Crippen LogP contribution >= 0.6 is 11.3 Å². The summed E-state index contributed by atoms with van der Waals surface area (Å²) in [6.45, 7) is 9.64. The van der Waals surface area contributed by atoms with Crippen LogP contribution in [0.4, 0.5) is 5.69 Å².